The van der Waals surface area contributed by atoms with E-state index in [9.17, 15) is 9.90 Å². The molecule has 0 atom stereocenters. The van der Waals surface area contributed by atoms with Gasteiger partial charge in [-0.15, -0.1) is 0 Å². The Morgan fingerprint density at radius 2 is 2.30 bits per heavy atom. The Morgan fingerprint density at radius 1 is 1.70 bits per heavy atom. The van der Waals surface area contributed by atoms with Crippen molar-refractivity contribution in [1.29, 1.82) is 0 Å². The van der Waals surface area contributed by atoms with Gasteiger partial charge in [0, 0.05) is 13.1 Å². The molecule has 0 aromatic carbocycles. The Hall–Kier alpha value is -0.410. The van der Waals surface area contributed by atoms with E-state index in [4.69, 9.17) is 0 Å². The zero-order valence-electron chi connectivity index (χ0n) is 6.21. The van der Waals surface area contributed by atoms with Crippen molar-refractivity contribution in [3.8, 4) is 0 Å². The van der Waals surface area contributed by atoms with Gasteiger partial charge in [-0.3, -0.25) is 4.90 Å². The molecule has 1 N–H and O–H groups in total. The predicted molar refractivity (Wildman–Crippen MR) is 37.7 cm³/mol. The van der Waals surface area contributed by atoms with Gasteiger partial charge < -0.3 is 9.90 Å². The maximum Gasteiger partial charge on any atom is 0.133 e. The zero-order valence-corrected chi connectivity index (χ0v) is 6.21. The standard InChI is InChI=1S/C7H13NO2/c1-2-7(10)5-8(6-7)3-4-9/h4,10H,2-3,5-6H2,1H3. The van der Waals surface area contributed by atoms with Gasteiger partial charge in [0.1, 0.15) is 6.29 Å². The minimum absolute atomic E-state index is 0.461. The van der Waals surface area contributed by atoms with Gasteiger partial charge in [0.25, 0.3) is 0 Å². The van der Waals surface area contributed by atoms with Crippen LogP contribution in [0.3, 0.4) is 0 Å². The van der Waals surface area contributed by atoms with Crippen LogP contribution in [-0.2, 0) is 4.79 Å². The highest BCUT2D eigenvalue weighted by Gasteiger charge is 2.38. The molecule has 0 radical (unpaired) electrons. The van der Waals surface area contributed by atoms with E-state index >= 15 is 0 Å². The molecule has 0 aromatic rings. The SMILES string of the molecule is CCC1(O)CN(CC=O)C1. The Balaban J connectivity index is 2.22. The summed E-state index contributed by atoms with van der Waals surface area (Å²) < 4.78 is 0. The molecule has 1 fully saturated rings. The molecular weight excluding hydrogens is 130 g/mol. The highest BCUT2D eigenvalue weighted by atomic mass is 16.3. The van der Waals surface area contributed by atoms with Crippen LogP contribution in [0.25, 0.3) is 0 Å². The molecule has 3 nitrogen and oxygen atoms in total. The third-order valence-corrected chi connectivity index (χ3v) is 2.03. The first kappa shape index (κ1) is 7.69. The van der Waals surface area contributed by atoms with E-state index in [0.717, 1.165) is 12.7 Å². The minimum atomic E-state index is -0.497. The topological polar surface area (TPSA) is 40.5 Å². The number of likely N-dealkylation sites (tertiary alicyclic amines) is 1. The third-order valence-electron chi connectivity index (χ3n) is 2.03. The molecule has 1 aliphatic rings. The number of rotatable bonds is 3. The summed E-state index contributed by atoms with van der Waals surface area (Å²) in [6.45, 7) is 3.73. The van der Waals surface area contributed by atoms with Crippen molar-refractivity contribution < 1.29 is 9.90 Å². The van der Waals surface area contributed by atoms with Gasteiger partial charge in [0.2, 0.25) is 0 Å². The molecular formula is C7H13NO2. The van der Waals surface area contributed by atoms with Crippen molar-refractivity contribution in [2.45, 2.75) is 18.9 Å². The molecule has 0 bridgehead atoms. The van der Waals surface area contributed by atoms with Crippen LogP contribution in [0.1, 0.15) is 13.3 Å². The first-order valence-electron chi connectivity index (χ1n) is 3.58. The first-order chi connectivity index (χ1) is 4.70. The summed E-state index contributed by atoms with van der Waals surface area (Å²) in [6, 6.07) is 0. The fourth-order valence-corrected chi connectivity index (χ4v) is 1.24. The highest BCUT2D eigenvalue weighted by molar-refractivity contribution is 5.52. The normalized spacial score (nSPS) is 23.8. The molecule has 0 saturated carbocycles. The minimum Gasteiger partial charge on any atom is -0.387 e. The number of nitrogens with zero attached hydrogens (tertiary/aromatic N) is 1. The second-order valence-electron chi connectivity index (χ2n) is 2.91. The number of carbonyl (C=O) groups excluding carboxylic acids is 1. The van der Waals surface area contributed by atoms with Crippen LogP contribution in [0, 0.1) is 0 Å². The third kappa shape index (κ3) is 1.36. The zero-order chi connectivity index (χ0) is 7.61. The summed E-state index contributed by atoms with van der Waals surface area (Å²) in [5.41, 5.74) is -0.497. The highest BCUT2D eigenvalue weighted by Crippen LogP contribution is 2.22. The number of hydrogen-bond acceptors (Lipinski definition) is 3. The van der Waals surface area contributed by atoms with Gasteiger partial charge >= 0.3 is 0 Å². The Labute approximate surface area is 60.6 Å². The average Bonchev–Trinajstić information content (AvgIpc) is 1.85. The predicted octanol–water partition coefficient (Wildman–Crippen LogP) is -0.358. The van der Waals surface area contributed by atoms with Crippen LogP contribution in [0.15, 0.2) is 0 Å². The van der Waals surface area contributed by atoms with E-state index in [1.165, 1.54) is 0 Å². The molecule has 1 rings (SSSR count). The smallest absolute Gasteiger partial charge is 0.133 e. The largest absolute Gasteiger partial charge is 0.387 e. The summed E-state index contributed by atoms with van der Waals surface area (Å²) in [6.07, 6.45) is 1.65. The number of aliphatic hydroxyl groups is 1. The number of carbonyl (C=O) groups is 1. The molecule has 1 aliphatic heterocycles. The quantitative estimate of drug-likeness (QED) is 0.548. The molecule has 0 unspecified atom stereocenters. The van der Waals surface area contributed by atoms with Crippen molar-refractivity contribution in [3.63, 3.8) is 0 Å². The number of β-amino-alcohol motifs (C(OH)–C–C–N with tert-alkyl or cyclic N) is 1. The van der Waals surface area contributed by atoms with Crippen LogP contribution in [0.2, 0.25) is 0 Å². The van der Waals surface area contributed by atoms with E-state index in [0.29, 0.717) is 19.6 Å². The Bertz CT molecular complexity index is 130. The molecule has 0 aliphatic carbocycles. The second kappa shape index (κ2) is 2.68. The van der Waals surface area contributed by atoms with Crippen molar-refractivity contribution >= 4 is 6.29 Å². The molecule has 10 heavy (non-hydrogen) atoms. The maximum absolute atomic E-state index is 9.98. The fraction of sp³-hybridized carbons (Fsp3) is 0.857. The van der Waals surface area contributed by atoms with Crippen molar-refractivity contribution in [1.82, 2.24) is 4.90 Å². The Morgan fingerprint density at radius 3 is 2.70 bits per heavy atom. The lowest BCUT2D eigenvalue weighted by molar-refractivity contribution is -0.121. The molecule has 0 spiro atoms. The van der Waals surface area contributed by atoms with E-state index < -0.39 is 5.60 Å². The molecule has 1 heterocycles. The maximum atomic E-state index is 9.98. The van der Waals surface area contributed by atoms with Gasteiger partial charge in [-0.2, -0.15) is 0 Å². The summed E-state index contributed by atoms with van der Waals surface area (Å²) in [5.74, 6) is 0. The molecule has 0 aromatic heterocycles. The first-order valence-corrected chi connectivity index (χ1v) is 3.58. The average molecular weight is 143 g/mol. The molecule has 0 amide bonds. The number of aldehydes is 1. The van der Waals surface area contributed by atoms with Crippen molar-refractivity contribution in [2.24, 2.45) is 0 Å². The summed E-state index contributed by atoms with van der Waals surface area (Å²) >= 11 is 0. The van der Waals surface area contributed by atoms with Gasteiger partial charge in [-0.1, -0.05) is 6.92 Å². The molecule has 58 valence electrons. The van der Waals surface area contributed by atoms with Gasteiger partial charge in [-0.05, 0) is 6.42 Å². The van der Waals surface area contributed by atoms with Crippen LogP contribution < -0.4 is 0 Å². The fourth-order valence-electron chi connectivity index (χ4n) is 1.24. The van der Waals surface area contributed by atoms with Gasteiger partial charge in [-0.25, -0.2) is 0 Å². The summed E-state index contributed by atoms with van der Waals surface area (Å²) in [7, 11) is 0. The number of hydrogen-bond donors (Lipinski definition) is 1. The van der Waals surface area contributed by atoms with Crippen molar-refractivity contribution in [3.05, 3.63) is 0 Å². The second-order valence-corrected chi connectivity index (χ2v) is 2.91. The monoisotopic (exact) mass is 143 g/mol. The van der Waals surface area contributed by atoms with Gasteiger partial charge in [0.05, 0.1) is 12.1 Å². The lowest BCUT2D eigenvalue weighted by atomic mass is 9.92. The van der Waals surface area contributed by atoms with Crippen LogP contribution in [0.4, 0.5) is 0 Å². The van der Waals surface area contributed by atoms with Crippen LogP contribution in [0.5, 0.6) is 0 Å². The molecule has 3 heteroatoms. The van der Waals surface area contributed by atoms with Crippen LogP contribution >= 0.6 is 0 Å². The van der Waals surface area contributed by atoms with E-state index in [1.54, 1.807) is 0 Å². The van der Waals surface area contributed by atoms with Crippen molar-refractivity contribution in [2.75, 3.05) is 19.6 Å². The lowest BCUT2D eigenvalue weighted by Gasteiger charge is -2.45. The van der Waals surface area contributed by atoms with Crippen LogP contribution in [-0.4, -0.2) is 41.5 Å². The summed E-state index contributed by atoms with van der Waals surface area (Å²) in [4.78, 5) is 11.9. The summed E-state index contributed by atoms with van der Waals surface area (Å²) in [5, 5.41) is 9.46. The van der Waals surface area contributed by atoms with Gasteiger partial charge in [0.15, 0.2) is 0 Å². The molecule has 1 saturated heterocycles. The lowest BCUT2D eigenvalue weighted by Crippen LogP contribution is -2.61. The van der Waals surface area contributed by atoms with E-state index in [-0.39, 0.29) is 0 Å². The van der Waals surface area contributed by atoms with E-state index in [1.807, 2.05) is 11.8 Å². The Kier molecular flexibility index (Phi) is 2.06. The van der Waals surface area contributed by atoms with E-state index in [2.05, 4.69) is 0 Å².